The third-order valence-corrected chi connectivity index (χ3v) is 10.9. The monoisotopic (exact) mass is 788 g/mol. The summed E-state index contributed by atoms with van der Waals surface area (Å²) in [6.45, 7) is 3.76. The highest BCUT2D eigenvalue weighted by Crippen LogP contribution is 2.43. The Labute approximate surface area is 332 Å². The first-order chi connectivity index (χ1) is 26.3. The van der Waals surface area contributed by atoms with Gasteiger partial charge in [0.05, 0.1) is 13.2 Å². The molecule has 0 spiro atoms. The molecule has 54 heavy (non-hydrogen) atoms. The van der Waals surface area contributed by atoms with Crippen LogP contribution >= 0.6 is 7.82 Å². The van der Waals surface area contributed by atoms with Gasteiger partial charge in [-0.3, -0.25) is 18.6 Å². The predicted molar refractivity (Wildman–Crippen MR) is 224 cm³/mol. The number of nitrogens with two attached hydrogens (primary N) is 1. The summed E-state index contributed by atoms with van der Waals surface area (Å²) in [6, 6.07) is 0. The van der Waals surface area contributed by atoms with Crippen LogP contribution in [-0.2, 0) is 32.7 Å². The molecule has 2 atom stereocenters. The molecule has 0 aromatic heterocycles. The highest BCUT2D eigenvalue weighted by atomic mass is 31.2. The van der Waals surface area contributed by atoms with Crippen molar-refractivity contribution in [2.45, 2.75) is 232 Å². The Morgan fingerprint density at radius 1 is 0.537 bits per heavy atom. The molecule has 0 fully saturated rings. The van der Waals surface area contributed by atoms with Gasteiger partial charge >= 0.3 is 19.8 Å². The molecule has 0 aromatic carbocycles. The number of unbranched alkanes of at least 4 members (excludes halogenated alkanes) is 28. The minimum atomic E-state index is -4.37. The number of rotatable bonds is 43. The second-order valence-corrected chi connectivity index (χ2v) is 16.7. The van der Waals surface area contributed by atoms with E-state index in [-0.39, 0.29) is 38.6 Å². The van der Waals surface area contributed by atoms with Crippen molar-refractivity contribution in [3.8, 4) is 0 Å². The molecule has 320 valence electrons. The number of ether oxygens (including phenoxy) is 2. The van der Waals surface area contributed by atoms with Crippen molar-refractivity contribution in [1.82, 2.24) is 0 Å². The molecule has 0 saturated heterocycles. The highest BCUT2D eigenvalue weighted by Gasteiger charge is 2.26. The van der Waals surface area contributed by atoms with Gasteiger partial charge in [-0.1, -0.05) is 187 Å². The van der Waals surface area contributed by atoms with E-state index in [0.717, 1.165) is 44.9 Å². The summed E-state index contributed by atoms with van der Waals surface area (Å²) in [7, 11) is -4.37. The molecule has 0 aliphatic heterocycles. The minimum Gasteiger partial charge on any atom is -0.462 e. The first kappa shape index (κ1) is 52.8. The predicted octanol–water partition coefficient (Wildman–Crippen LogP) is 13.0. The van der Waals surface area contributed by atoms with Crippen molar-refractivity contribution < 1.29 is 37.6 Å². The van der Waals surface area contributed by atoms with Crippen LogP contribution < -0.4 is 5.73 Å². The van der Waals surface area contributed by atoms with Gasteiger partial charge < -0.3 is 20.1 Å². The Hall–Kier alpha value is -1.25. The smallest absolute Gasteiger partial charge is 0.462 e. The van der Waals surface area contributed by atoms with Gasteiger partial charge in [-0.05, 0) is 38.5 Å². The second kappa shape index (κ2) is 41.4. The van der Waals surface area contributed by atoms with Crippen LogP contribution in [0.3, 0.4) is 0 Å². The maximum absolute atomic E-state index is 12.6. The van der Waals surface area contributed by atoms with Gasteiger partial charge in [0.1, 0.15) is 6.61 Å². The molecule has 0 radical (unpaired) electrons. The number of allylic oxidation sites excluding steroid dienone is 2. The summed E-state index contributed by atoms with van der Waals surface area (Å²) in [5.74, 6) is -0.822. The van der Waals surface area contributed by atoms with Gasteiger partial charge in [-0.15, -0.1) is 0 Å². The van der Waals surface area contributed by atoms with Crippen LogP contribution in [0.1, 0.15) is 226 Å². The van der Waals surface area contributed by atoms with E-state index in [0.29, 0.717) is 6.42 Å². The van der Waals surface area contributed by atoms with Crippen LogP contribution in [0.4, 0.5) is 0 Å². The number of carbonyl (C=O) groups is 2. The van der Waals surface area contributed by atoms with Crippen molar-refractivity contribution in [2.75, 3.05) is 26.4 Å². The highest BCUT2D eigenvalue weighted by molar-refractivity contribution is 7.47. The fourth-order valence-electron chi connectivity index (χ4n) is 6.51. The third kappa shape index (κ3) is 40.4. The van der Waals surface area contributed by atoms with E-state index in [1.165, 1.54) is 148 Å². The Morgan fingerprint density at radius 3 is 1.31 bits per heavy atom. The van der Waals surface area contributed by atoms with Crippen LogP contribution in [0.15, 0.2) is 12.2 Å². The zero-order valence-corrected chi connectivity index (χ0v) is 36.1. The average molecular weight is 788 g/mol. The number of phosphoric ester groups is 1. The van der Waals surface area contributed by atoms with Gasteiger partial charge in [-0.2, -0.15) is 0 Å². The first-order valence-electron chi connectivity index (χ1n) is 22.7. The van der Waals surface area contributed by atoms with Gasteiger partial charge in [0.15, 0.2) is 6.10 Å². The van der Waals surface area contributed by atoms with Crippen LogP contribution in [0.25, 0.3) is 0 Å². The van der Waals surface area contributed by atoms with E-state index in [4.69, 9.17) is 24.3 Å². The van der Waals surface area contributed by atoms with Crippen LogP contribution in [0.5, 0.6) is 0 Å². The van der Waals surface area contributed by atoms with Gasteiger partial charge in [0, 0.05) is 19.4 Å². The van der Waals surface area contributed by atoms with Gasteiger partial charge in [0.2, 0.25) is 0 Å². The maximum atomic E-state index is 12.6. The zero-order valence-electron chi connectivity index (χ0n) is 35.2. The quantitative estimate of drug-likeness (QED) is 0.0268. The summed E-state index contributed by atoms with van der Waals surface area (Å²) in [5.41, 5.74) is 5.35. The Balaban J connectivity index is 4.10. The summed E-state index contributed by atoms with van der Waals surface area (Å²) in [6.07, 6.45) is 42.4. The molecule has 0 rings (SSSR count). The van der Waals surface area contributed by atoms with Gasteiger partial charge in [0.25, 0.3) is 0 Å². The molecule has 10 heteroatoms. The van der Waals surface area contributed by atoms with Crippen molar-refractivity contribution in [3.63, 3.8) is 0 Å². The fraction of sp³-hybridized carbons (Fsp3) is 0.909. The number of hydrogen-bond donors (Lipinski definition) is 2. The molecule has 3 N–H and O–H groups in total. The SMILES string of the molecule is CCCCCCCCCC/C=C\CCCCCCCCCC(=O)O[C@H](COC(=O)CCCCCCCCCCCCCCCC)COP(=O)(O)OCCN. The molecular formula is C44H86NO8P. The number of esters is 2. The van der Waals surface area contributed by atoms with Crippen molar-refractivity contribution in [2.24, 2.45) is 5.73 Å². The lowest BCUT2D eigenvalue weighted by Gasteiger charge is -2.19. The molecule has 0 heterocycles. The molecular weight excluding hydrogens is 701 g/mol. The van der Waals surface area contributed by atoms with E-state index in [9.17, 15) is 19.0 Å². The van der Waals surface area contributed by atoms with E-state index >= 15 is 0 Å². The van der Waals surface area contributed by atoms with Crippen LogP contribution in [0, 0.1) is 0 Å². The molecule has 0 aliphatic carbocycles. The fourth-order valence-corrected chi connectivity index (χ4v) is 7.28. The first-order valence-corrected chi connectivity index (χ1v) is 24.2. The number of phosphoric acid groups is 1. The summed E-state index contributed by atoms with van der Waals surface area (Å²) in [5, 5.41) is 0. The van der Waals surface area contributed by atoms with E-state index in [1.807, 2.05) is 0 Å². The molecule has 0 aliphatic rings. The van der Waals surface area contributed by atoms with Crippen molar-refractivity contribution in [3.05, 3.63) is 12.2 Å². The topological polar surface area (TPSA) is 134 Å². The maximum Gasteiger partial charge on any atom is 0.472 e. The standard InChI is InChI=1S/C44H86NO8P/c1-3-5-7-9-11-13-15-17-19-20-21-22-23-25-27-29-31-33-35-37-44(47)53-42(41-52-54(48,49)51-39-38-45)40-50-43(46)36-34-32-30-28-26-24-18-16-14-12-10-8-6-4-2/h20-21,42H,3-19,22-41,45H2,1-2H3,(H,48,49)/b21-20-/t42-/m1/s1. The Morgan fingerprint density at radius 2 is 0.907 bits per heavy atom. The lowest BCUT2D eigenvalue weighted by molar-refractivity contribution is -0.161. The van der Waals surface area contributed by atoms with E-state index in [2.05, 4.69) is 26.0 Å². The Kier molecular flexibility index (Phi) is 40.4. The second-order valence-electron chi connectivity index (χ2n) is 15.3. The van der Waals surface area contributed by atoms with Crippen molar-refractivity contribution in [1.29, 1.82) is 0 Å². The Bertz CT molecular complexity index is 902. The zero-order chi connectivity index (χ0) is 39.6. The lowest BCUT2D eigenvalue weighted by Crippen LogP contribution is -2.29. The van der Waals surface area contributed by atoms with Crippen LogP contribution in [-0.4, -0.2) is 49.3 Å². The molecule has 0 amide bonds. The van der Waals surface area contributed by atoms with Gasteiger partial charge in [-0.25, -0.2) is 4.57 Å². The van der Waals surface area contributed by atoms with E-state index in [1.54, 1.807) is 0 Å². The molecule has 1 unspecified atom stereocenters. The van der Waals surface area contributed by atoms with E-state index < -0.39 is 26.5 Å². The normalized spacial score (nSPS) is 13.3. The summed E-state index contributed by atoms with van der Waals surface area (Å²) in [4.78, 5) is 34.9. The molecule has 0 aromatic rings. The largest absolute Gasteiger partial charge is 0.472 e. The van der Waals surface area contributed by atoms with Crippen molar-refractivity contribution >= 4 is 19.8 Å². The van der Waals surface area contributed by atoms with Crippen LogP contribution in [0.2, 0.25) is 0 Å². The number of carbonyl (C=O) groups excluding carboxylic acids is 2. The molecule has 9 nitrogen and oxygen atoms in total. The molecule has 0 saturated carbocycles. The average Bonchev–Trinajstić information content (AvgIpc) is 3.16. The molecule has 0 bridgehead atoms. The summed E-state index contributed by atoms with van der Waals surface area (Å²) < 4.78 is 32.8. The third-order valence-electron chi connectivity index (χ3n) is 9.90. The summed E-state index contributed by atoms with van der Waals surface area (Å²) >= 11 is 0. The number of hydrogen-bond acceptors (Lipinski definition) is 8. The lowest BCUT2D eigenvalue weighted by atomic mass is 10.0. The minimum absolute atomic E-state index is 0.0555.